The Morgan fingerprint density at radius 3 is 2.55 bits per heavy atom. The lowest BCUT2D eigenvalue weighted by atomic mass is 9.75. The van der Waals surface area contributed by atoms with E-state index in [4.69, 9.17) is 16.0 Å². The van der Waals surface area contributed by atoms with Crippen molar-refractivity contribution in [3.8, 4) is 0 Å². The lowest BCUT2D eigenvalue weighted by Crippen LogP contribution is -2.45. The largest absolute Gasteiger partial charge is 0.469 e. The molecular formula is C16H16ClNO2. The van der Waals surface area contributed by atoms with Gasteiger partial charge in [-0.15, -0.1) is 0 Å². The van der Waals surface area contributed by atoms with Crippen LogP contribution in [0.2, 0.25) is 5.02 Å². The molecule has 1 heterocycles. The highest BCUT2D eigenvalue weighted by molar-refractivity contribution is 6.30. The number of nitrogens with one attached hydrogen (secondary N) is 1. The molecule has 1 N–H and O–H groups in total. The van der Waals surface area contributed by atoms with Crippen LogP contribution in [-0.4, -0.2) is 11.9 Å². The molecule has 0 aliphatic heterocycles. The summed E-state index contributed by atoms with van der Waals surface area (Å²) in [6.07, 6.45) is 3.65. The van der Waals surface area contributed by atoms with Gasteiger partial charge in [-0.2, -0.15) is 0 Å². The van der Waals surface area contributed by atoms with Crippen LogP contribution in [0.3, 0.4) is 0 Å². The van der Waals surface area contributed by atoms with Crippen molar-refractivity contribution in [2.45, 2.75) is 31.7 Å². The van der Waals surface area contributed by atoms with E-state index in [1.807, 2.05) is 24.3 Å². The smallest absolute Gasteiger partial charge is 0.255 e. The molecule has 1 fully saturated rings. The summed E-state index contributed by atoms with van der Waals surface area (Å²) in [5, 5.41) is 3.83. The van der Waals surface area contributed by atoms with Crippen molar-refractivity contribution in [2.24, 2.45) is 0 Å². The van der Waals surface area contributed by atoms with Crippen molar-refractivity contribution in [1.29, 1.82) is 0 Å². The molecule has 0 saturated heterocycles. The maximum atomic E-state index is 12.2. The standard InChI is InChI=1S/C16H16ClNO2/c1-10-13(8-9-20-10)16(19)18-15-7-6-14(15)11-2-4-12(17)5-3-11/h2-5,8-9,14-15H,6-7H2,1H3,(H,18,19)/t14-,15-/m0/s1. The first-order valence-electron chi connectivity index (χ1n) is 6.75. The number of amides is 1. The molecule has 2 aromatic rings. The number of furan rings is 1. The molecule has 1 aliphatic rings. The topological polar surface area (TPSA) is 42.2 Å². The predicted molar refractivity (Wildman–Crippen MR) is 78.1 cm³/mol. The molecule has 0 bridgehead atoms. The van der Waals surface area contributed by atoms with Crippen molar-refractivity contribution < 1.29 is 9.21 Å². The minimum absolute atomic E-state index is 0.0556. The van der Waals surface area contributed by atoms with Gasteiger partial charge < -0.3 is 9.73 Å². The van der Waals surface area contributed by atoms with Gasteiger partial charge in [-0.25, -0.2) is 0 Å². The maximum absolute atomic E-state index is 12.2. The van der Waals surface area contributed by atoms with Gasteiger partial charge in [0.1, 0.15) is 5.76 Å². The molecule has 0 spiro atoms. The van der Waals surface area contributed by atoms with Crippen LogP contribution in [0.5, 0.6) is 0 Å². The molecule has 1 aromatic carbocycles. The van der Waals surface area contributed by atoms with Crippen LogP contribution in [0.4, 0.5) is 0 Å². The van der Waals surface area contributed by atoms with E-state index < -0.39 is 0 Å². The molecule has 4 heteroatoms. The van der Waals surface area contributed by atoms with Gasteiger partial charge in [0.2, 0.25) is 0 Å². The van der Waals surface area contributed by atoms with E-state index in [0.717, 1.165) is 17.9 Å². The third-order valence-corrected chi connectivity index (χ3v) is 4.24. The molecular weight excluding hydrogens is 274 g/mol. The van der Waals surface area contributed by atoms with Crippen LogP contribution in [0.15, 0.2) is 41.0 Å². The normalized spacial score (nSPS) is 21.3. The molecule has 1 amide bonds. The predicted octanol–water partition coefficient (Wildman–Crippen LogP) is 3.92. The number of hydrogen-bond donors (Lipinski definition) is 1. The highest BCUT2D eigenvalue weighted by Gasteiger charge is 2.33. The first kappa shape index (κ1) is 13.3. The Labute approximate surface area is 122 Å². The summed E-state index contributed by atoms with van der Waals surface area (Å²) in [7, 11) is 0. The SMILES string of the molecule is Cc1occc1C(=O)N[C@H]1CC[C@H]1c1ccc(Cl)cc1. The van der Waals surface area contributed by atoms with Gasteiger partial charge in [-0.05, 0) is 43.5 Å². The summed E-state index contributed by atoms with van der Waals surface area (Å²) in [4.78, 5) is 12.2. The van der Waals surface area contributed by atoms with E-state index in [1.54, 1.807) is 19.3 Å². The van der Waals surface area contributed by atoms with Crippen molar-refractivity contribution in [3.63, 3.8) is 0 Å². The van der Waals surface area contributed by atoms with E-state index in [9.17, 15) is 4.79 Å². The van der Waals surface area contributed by atoms with E-state index in [-0.39, 0.29) is 11.9 Å². The van der Waals surface area contributed by atoms with Crippen molar-refractivity contribution in [2.75, 3.05) is 0 Å². The van der Waals surface area contributed by atoms with Crippen LogP contribution >= 0.6 is 11.6 Å². The second-order valence-corrected chi connectivity index (χ2v) is 5.64. The van der Waals surface area contributed by atoms with Crippen LogP contribution in [0, 0.1) is 6.92 Å². The van der Waals surface area contributed by atoms with Gasteiger partial charge in [-0.3, -0.25) is 4.79 Å². The Hall–Kier alpha value is -1.74. The van der Waals surface area contributed by atoms with Gasteiger partial charge in [0.15, 0.2) is 0 Å². The van der Waals surface area contributed by atoms with E-state index >= 15 is 0 Å². The Morgan fingerprint density at radius 1 is 1.25 bits per heavy atom. The van der Waals surface area contributed by atoms with Crippen molar-refractivity contribution in [1.82, 2.24) is 5.32 Å². The molecule has 104 valence electrons. The number of rotatable bonds is 3. The summed E-state index contributed by atoms with van der Waals surface area (Å²) in [5.41, 5.74) is 1.85. The Morgan fingerprint density at radius 2 is 2.00 bits per heavy atom. The molecule has 1 saturated carbocycles. The number of benzene rings is 1. The summed E-state index contributed by atoms with van der Waals surface area (Å²) in [5.74, 6) is 0.980. The second-order valence-electron chi connectivity index (χ2n) is 5.21. The van der Waals surface area contributed by atoms with Gasteiger partial charge in [0.25, 0.3) is 5.91 Å². The summed E-state index contributed by atoms with van der Waals surface area (Å²) < 4.78 is 5.17. The van der Waals surface area contributed by atoms with Gasteiger partial charge in [0.05, 0.1) is 11.8 Å². The molecule has 0 radical (unpaired) electrons. The Bertz CT molecular complexity index is 618. The van der Waals surface area contributed by atoms with Gasteiger partial charge >= 0.3 is 0 Å². The second kappa shape index (κ2) is 5.33. The average molecular weight is 290 g/mol. The zero-order valence-corrected chi connectivity index (χ0v) is 12.0. The first-order chi connectivity index (χ1) is 9.65. The summed E-state index contributed by atoms with van der Waals surface area (Å²) in [6.45, 7) is 1.80. The Kier molecular flexibility index (Phi) is 3.53. The molecule has 1 aromatic heterocycles. The summed E-state index contributed by atoms with van der Waals surface area (Å²) >= 11 is 5.90. The average Bonchev–Trinajstić information content (AvgIpc) is 2.83. The highest BCUT2D eigenvalue weighted by Crippen LogP contribution is 2.37. The molecule has 3 rings (SSSR count). The monoisotopic (exact) mass is 289 g/mol. The van der Waals surface area contributed by atoms with Gasteiger partial charge in [0, 0.05) is 17.0 Å². The molecule has 0 unspecified atom stereocenters. The lowest BCUT2D eigenvalue weighted by molar-refractivity contribution is 0.0903. The fourth-order valence-electron chi connectivity index (χ4n) is 2.65. The van der Waals surface area contributed by atoms with Crippen LogP contribution < -0.4 is 5.32 Å². The summed E-state index contributed by atoms with van der Waals surface area (Å²) in [6, 6.07) is 9.77. The molecule has 2 atom stereocenters. The lowest BCUT2D eigenvalue weighted by Gasteiger charge is -2.37. The number of carbonyl (C=O) groups excluding carboxylic acids is 1. The van der Waals surface area contributed by atoms with E-state index in [0.29, 0.717) is 17.2 Å². The first-order valence-corrected chi connectivity index (χ1v) is 7.13. The highest BCUT2D eigenvalue weighted by atomic mass is 35.5. The minimum atomic E-state index is -0.0556. The van der Waals surface area contributed by atoms with Crippen LogP contribution in [0.25, 0.3) is 0 Å². The zero-order valence-electron chi connectivity index (χ0n) is 11.2. The minimum Gasteiger partial charge on any atom is -0.469 e. The number of aryl methyl sites for hydroxylation is 1. The Balaban J connectivity index is 1.68. The van der Waals surface area contributed by atoms with Crippen molar-refractivity contribution in [3.05, 3.63) is 58.5 Å². The molecule has 20 heavy (non-hydrogen) atoms. The zero-order chi connectivity index (χ0) is 14.1. The molecule has 3 nitrogen and oxygen atoms in total. The fourth-order valence-corrected chi connectivity index (χ4v) is 2.77. The fraction of sp³-hybridized carbons (Fsp3) is 0.312. The number of hydrogen-bond acceptors (Lipinski definition) is 2. The molecule has 1 aliphatic carbocycles. The number of carbonyl (C=O) groups is 1. The van der Waals surface area contributed by atoms with Crippen molar-refractivity contribution >= 4 is 17.5 Å². The van der Waals surface area contributed by atoms with E-state index in [1.165, 1.54) is 5.56 Å². The third kappa shape index (κ3) is 2.46. The third-order valence-electron chi connectivity index (χ3n) is 3.99. The number of halogens is 1. The van der Waals surface area contributed by atoms with Crippen LogP contribution in [0.1, 0.15) is 40.4 Å². The van der Waals surface area contributed by atoms with E-state index in [2.05, 4.69) is 5.32 Å². The van der Waals surface area contributed by atoms with Gasteiger partial charge in [-0.1, -0.05) is 23.7 Å². The quantitative estimate of drug-likeness (QED) is 0.930. The van der Waals surface area contributed by atoms with Crippen LogP contribution in [-0.2, 0) is 0 Å². The maximum Gasteiger partial charge on any atom is 0.255 e.